The second-order valence-corrected chi connectivity index (χ2v) is 9.02. The third-order valence-corrected chi connectivity index (χ3v) is 5.85. The number of hydrogen-bond donors (Lipinski definition) is 1. The third kappa shape index (κ3) is 7.64. The average Bonchev–Trinajstić information content (AvgIpc) is 3.46. The Hall–Kier alpha value is 0.780. The van der Waals surface area contributed by atoms with Gasteiger partial charge < -0.3 is 14.7 Å². The van der Waals surface area contributed by atoms with Gasteiger partial charge in [-0.2, -0.15) is 8.42 Å². The van der Waals surface area contributed by atoms with Crippen molar-refractivity contribution in [3.63, 3.8) is 0 Å². The molecule has 13 heteroatoms. The molecule has 8 nitrogen and oxygen atoms in total. The Kier molecular flexibility index (Phi) is 11.5. The van der Waals surface area contributed by atoms with Crippen molar-refractivity contribution in [2.24, 2.45) is 0 Å². The molecule has 0 spiro atoms. The van der Waals surface area contributed by atoms with Crippen molar-refractivity contribution in [2.75, 3.05) is 39.3 Å². The number of rotatable bonds is 4. The van der Waals surface area contributed by atoms with E-state index in [0.717, 1.165) is 44.6 Å². The van der Waals surface area contributed by atoms with Gasteiger partial charge in [-0.15, -0.1) is 9.24 Å². The maximum atomic E-state index is 12.4. The molecule has 31 heavy (non-hydrogen) atoms. The van der Waals surface area contributed by atoms with Crippen LogP contribution >= 0.6 is 9.24 Å². The molecule has 1 aromatic rings. The van der Waals surface area contributed by atoms with E-state index in [-0.39, 0.29) is 105 Å². The Balaban J connectivity index is 0.000000307. The first kappa shape index (κ1) is 29.8. The van der Waals surface area contributed by atoms with Crippen LogP contribution in [0.4, 0.5) is 0 Å². The SMILES string of the molecule is O=C1C=C(N2CC2)C(=O)C(N2CC2)=C1N1CC1.O=S(=O)(O)c1cccc(P)c1.[NaH].[NaH].[NaH]. The van der Waals surface area contributed by atoms with Crippen molar-refractivity contribution in [1.82, 2.24) is 14.7 Å². The molecule has 3 aliphatic heterocycles. The van der Waals surface area contributed by atoms with Gasteiger partial charge in [0.25, 0.3) is 10.1 Å². The number of hydrogen-bond acceptors (Lipinski definition) is 7. The Morgan fingerprint density at radius 3 is 1.77 bits per heavy atom. The number of ketones is 2. The Labute approximate surface area is 250 Å². The van der Waals surface area contributed by atoms with Gasteiger partial charge in [0.15, 0.2) is 0 Å². The van der Waals surface area contributed by atoms with Crippen LogP contribution < -0.4 is 5.30 Å². The van der Waals surface area contributed by atoms with Gasteiger partial charge in [0.05, 0.1) is 10.6 Å². The van der Waals surface area contributed by atoms with Crippen LogP contribution in [0.1, 0.15) is 0 Å². The summed E-state index contributed by atoms with van der Waals surface area (Å²) in [5, 5.41) is 0.722. The second-order valence-electron chi connectivity index (χ2n) is 6.93. The van der Waals surface area contributed by atoms with Crippen molar-refractivity contribution >= 4 is 125 Å². The Bertz CT molecular complexity index is 1040. The van der Waals surface area contributed by atoms with E-state index in [1.807, 2.05) is 14.7 Å². The zero-order chi connectivity index (χ0) is 20.1. The molecule has 3 saturated heterocycles. The standard InChI is InChI=1S/C12H13N3O2.C6H7O3PS.3Na.3H/c16-9-7-8(13-1-2-13)12(17)11(15-5-6-15)10(9)14-3-4-14;7-11(8,9)6-3-1-2-5(10)4-6;;;;;;/h7H,1-6H2;1-4H,10H2,(H,7,8,9);;;;;;. The van der Waals surface area contributed by atoms with E-state index in [4.69, 9.17) is 4.55 Å². The molecule has 1 unspecified atom stereocenters. The molecular formula is C18H23N3Na3O5PS. The predicted molar refractivity (Wildman–Crippen MR) is 127 cm³/mol. The fourth-order valence-electron chi connectivity index (χ4n) is 2.95. The van der Waals surface area contributed by atoms with Crippen LogP contribution in [0.15, 0.2) is 52.3 Å². The molecule has 3 heterocycles. The first-order valence-corrected chi connectivity index (χ1v) is 10.9. The summed E-state index contributed by atoms with van der Waals surface area (Å²) < 4.78 is 29.6. The van der Waals surface area contributed by atoms with Gasteiger partial charge in [0.2, 0.25) is 11.6 Å². The number of nitrogens with zero attached hydrogens (tertiary/aromatic N) is 3. The predicted octanol–water partition coefficient (Wildman–Crippen LogP) is -2.33. The summed E-state index contributed by atoms with van der Waals surface area (Å²) in [4.78, 5) is 30.4. The molecule has 4 aliphatic rings. The van der Waals surface area contributed by atoms with Crippen molar-refractivity contribution in [3.8, 4) is 0 Å². The second kappa shape index (κ2) is 12.0. The van der Waals surface area contributed by atoms with Crippen LogP contribution in [0, 0.1) is 0 Å². The summed E-state index contributed by atoms with van der Waals surface area (Å²) in [6.07, 6.45) is 1.52. The molecule has 0 amide bonds. The summed E-state index contributed by atoms with van der Waals surface area (Å²) in [5.74, 6) is 0.0485. The number of Topliss-reactive ketones (excluding diaryl/α,β-unsaturated/α-hetero) is 1. The summed E-state index contributed by atoms with van der Waals surface area (Å²) in [6.45, 7) is 5.41. The molecule has 1 N–H and O–H groups in total. The first-order valence-electron chi connectivity index (χ1n) is 8.88. The number of carbonyl (C=O) groups excluding carboxylic acids is 2. The van der Waals surface area contributed by atoms with Crippen LogP contribution in [-0.2, 0) is 19.7 Å². The first-order chi connectivity index (χ1) is 13.3. The van der Waals surface area contributed by atoms with Crippen LogP contribution in [0.5, 0.6) is 0 Å². The van der Waals surface area contributed by atoms with E-state index in [9.17, 15) is 18.0 Å². The van der Waals surface area contributed by atoms with E-state index in [1.165, 1.54) is 18.2 Å². The molecule has 1 aliphatic carbocycles. The average molecular weight is 493 g/mol. The fraction of sp³-hybridized carbons (Fsp3) is 0.333. The molecule has 5 rings (SSSR count). The van der Waals surface area contributed by atoms with Gasteiger partial charge in [0, 0.05) is 45.3 Å². The van der Waals surface area contributed by atoms with E-state index in [2.05, 4.69) is 9.24 Å². The van der Waals surface area contributed by atoms with Crippen molar-refractivity contribution < 1.29 is 22.6 Å². The third-order valence-electron chi connectivity index (χ3n) is 4.64. The van der Waals surface area contributed by atoms with Gasteiger partial charge >= 0.3 is 88.7 Å². The van der Waals surface area contributed by atoms with E-state index in [0.29, 0.717) is 17.1 Å². The van der Waals surface area contributed by atoms with E-state index in [1.54, 1.807) is 12.1 Å². The minimum absolute atomic E-state index is 0. The summed E-state index contributed by atoms with van der Waals surface area (Å²) >= 11 is 0. The Morgan fingerprint density at radius 1 is 0.839 bits per heavy atom. The van der Waals surface area contributed by atoms with Crippen LogP contribution in [-0.4, -0.2) is 167 Å². The Morgan fingerprint density at radius 2 is 1.35 bits per heavy atom. The van der Waals surface area contributed by atoms with Gasteiger partial charge in [-0.3, -0.25) is 14.1 Å². The molecule has 0 aromatic heterocycles. The number of benzene rings is 1. The number of allylic oxidation sites excluding steroid dienone is 1. The molecule has 3 fully saturated rings. The molecule has 0 saturated carbocycles. The van der Waals surface area contributed by atoms with Crippen molar-refractivity contribution in [2.45, 2.75) is 4.90 Å². The molecule has 1 aromatic carbocycles. The normalized spacial score (nSPS) is 18.6. The fourth-order valence-corrected chi connectivity index (χ4v) is 3.90. The molecule has 0 radical (unpaired) electrons. The summed E-state index contributed by atoms with van der Waals surface area (Å²) in [7, 11) is -1.69. The molecular weight excluding hydrogens is 470 g/mol. The van der Waals surface area contributed by atoms with Crippen LogP contribution in [0.25, 0.3) is 0 Å². The van der Waals surface area contributed by atoms with Gasteiger partial charge in [0.1, 0.15) is 11.4 Å². The molecule has 1 atom stereocenters. The topological polar surface area (TPSA) is 97.5 Å². The van der Waals surface area contributed by atoms with Crippen molar-refractivity contribution in [3.05, 3.63) is 47.4 Å². The summed E-state index contributed by atoms with van der Waals surface area (Å²) in [6, 6.07) is 5.99. The monoisotopic (exact) mass is 493 g/mol. The number of carbonyl (C=O) groups is 2. The quantitative estimate of drug-likeness (QED) is 0.164. The minimum atomic E-state index is -4.04. The molecule has 0 bridgehead atoms. The van der Waals surface area contributed by atoms with Crippen LogP contribution in [0.3, 0.4) is 0 Å². The summed E-state index contributed by atoms with van der Waals surface area (Å²) in [5.41, 5.74) is 1.89. The zero-order valence-corrected chi connectivity index (χ0v) is 17.0. The van der Waals surface area contributed by atoms with Crippen molar-refractivity contribution in [1.29, 1.82) is 0 Å². The van der Waals surface area contributed by atoms with Gasteiger partial charge in [-0.25, -0.2) is 0 Å². The van der Waals surface area contributed by atoms with E-state index < -0.39 is 10.1 Å². The molecule has 154 valence electrons. The van der Waals surface area contributed by atoms with Gasteiger partial charge in [-0.05, 0) is 17.4 Å². The zero-order valence-electron chi connectivity index (χ0n) is 15.0. The van der Waals surface area contributed by atoms with E-state index >= 15 is 0 Å². The van der Waals surface area contributed by atoms with Crippen LogP contribution in [0.2, 0.25) is 0 Å². The van der Waals surface area contributed by atoms with Gasteiger partial charge in [-0.1, -0.05) is 12.1 Å². The maximum absolute atomic E-state index is 12.4.